The summed E-state index contributed by atoms with van der Waals surface area (Å²) < 4.78 is 18.9. The molecular weight excluding hydrogens is 257 g/mol. The van der Waals surface area contributed by atoms with Crippen LogP contribution in [0.25, 0.3) is 0 Å². The fourth-order valence-electron chi connectivity index (χ4n) is 2.06. The molecule has 0 aliphatic heterocycles. The molecule has 0 bridgehead atoms. The summed E-state index contributed by atoms with van der Waals surface area (Å²) in [6.07, 6.45) is 2.03. The number of benzene rings is 1. The fourth-order valence-corrected chi connectivity index (χ4v) is 2.06. The van der Waals surface area contributed by atoms with E-state index in [4.69, 9.17) is 4.74 Å². The molecule has 1 atom stereocenters. The first-order chi connectivity index (χ1) is 9.67. The van der Waals surface area contributed by atoms with Crippen molar-refractivity contribution in [3.05, 3.63) is 48.3 Å². The van der Waals surface area contributed by atoms with Gasteiger partial charge in [0.15, 0.2) is 0 Å². The molecule has 0 aliphatic carbocycles. The standard InChI is InChI=1S/C16H24FNO2/c1-3-9-18(12-15(19)13-20-10-4-2)11-14-7-5-6-8-16(14)17/h4-8,15,19H,2-3,9-13H2,1H3. The first-order valence-corrected chi connectivity index (χ1v) is 6.99. The van der Waals surface area contributed by atoms with Crippen LogP contribution in [0.2, 0.25) is 0 Å². The molecule has 1 rings (SSSR count). The number of aliphatic hydroxyl groups is 1. The first-order valence-electron chi connectivity index (χ1n) is 6.99. The number of rotatable bonds is 10. The molecule has 0 saturated heterocycles. The summed E-state index contributed by atoms with van der Waals surface area (Å²) in [5.74, 6) is -0.203. The molecule has 3 nitrogen and oxygen atoms in total. The minimum Gasteiger partial charge on any atom is -0.389 e. The number of ether oxygens (including phenoxy) is 1. The summed E-state index contributed by atoms with van der Waals surface area (Å²) in [5, 5.41) is 9.93. The summed E-state index contributed by atoms with van der Waals surface area (Å²) >= 11 is 0. The summed E-state index contributed by atoms with van der Waals surface area (Å²) in [7, 11) is 0. The summed E-state index contributed by atoms with van der Waals surface area (Å²) in [6.45, 7) is 8.10. The lowest BCUT2D eigenvalue weighted by Crippen LogP contribution is -2.35. The second kappa shape index (κ2) is 9.64. The molecule has 0 aliphatic rings. The van der Waals surface area contributed by atoms with Gasteiger partial charge < -0.3 is 9.84 Å². The minimum absolute atomic E-state index is 0.203. The van der Waals surface area contributed by atoms with Crippen LogP contribution in [0.3, 0.4) is 0 Å². The third kappa shape index (κ3) is 6.28. The highest BCUT2D eigenvalue weighted by molar-refractivity contribution is 5.17. The fraction of sp³-hybridized carbons (Fsp3) is 0.500. The molecule has 1 aromatic carbocycles. The summed E-state index contributed by atoms with van der Waals surface area (Å²) in [5.41, 5.74) is 0.653. The predicted octanol–water partition coefficient (Wildman–Crippen LogP) is 2.60. The molecular formula is C16H24FNO2. The van der Waals surface area contributed by atoms with E-state index in [-0.39, 0.29) is 12.4 Å². The van der Waals surface area contributed by atoms with Gasteiger partial charge in [0.2, 0.25) is 0 Å². The zero-order valence-electron chi connectivity index (χ0n) is 12.1. The Morgan fingerprint density at radius 2 is 2.20 bits per heavy atom. The topological polar surface area (TPSA) is 32.7 Å². The molecule has 0 radical (unpaired) electrons. The highest BCUT2D eigenvalue weighted by atomic mass is 19.1. The first kappa shape index (κ1) is 16.8. The van der Waals surface area contributed by atoms with E-state index in [2.05, 4.69) is 13.5 Å². The Balaban J connectivity index is 2.51. The normalized spacial score (nSPS) is 12.6. The highest BCUT2D eigenvalue weighted by Crippen LogP contribution is 2.10. The van der Waals surface area contributed by atoms with Crippen LogP contribution in [-0.4, -0.2) is 42.4 Å². The van der Waals surface area contributed by atoms with E-state index < -0.39 is 6.10 Å². The van der Waals surface area contributed by atoms with Crippen molar-refractivity contribution in [1.29, 1.82) is 0 Å². The van der Waals surface area contributed by atoms with Crippen molar-refractivity contribution in [3.63, 3.8) is 0 Å². The average molecular weight is 281 g/mol. The molecule has 0 saturated carbocycles. The van der Waals surface area contributed by atoms with Crippen molar-refractivity contribution >= 4 is 0 Å². The van der Waals surface area contributed by atoms with Gasteiger partial charge in [0.05, 0.1) is 19.3 Å². The Morgan fingerprint density at radius 1 is 1.45 bits per heavy atom. The smallest absolute Gasteiger partial charge is 0.127 e. The molecule has 1 aromatic rings. The van der Waals surface area contributed by atoms with Gasteiger partial charge in [-0.05, 0) is 19.0 Å². The van der Waals surface area contributed by atoms with Gasteiger partial charge in [0, 0.05) is 18.7 Å². The van der Waals surface area contributed by atoms with Gasteiger partial charge in [-0.25, -0.2) is 4.39 Å². The van der Waals surface area contributed by atoms with Crippen molar-refractivity contribution < 1.29 is 14.2 Å². The van der Waals surface area contributed by atoms with E-state index in [9.17, 15) is 9.50 Å². The van der Waals surface area contributed by atoms with Crippen molar-refractivity contribution in [3.8, 4) is 0 Å². The third-order valence-electron chi connectivity index (χ3n) is 2.91. The zero-order valence-corrected chi connectivity index (χ0v) is 12.1. The number of aliphatic hydroxyl groups excluding tert-OH is 1. The maximum Gasteiger partial charge on any atom is 0.127 e. The van der Waals surface area contributed by atoms with E-state index in [0.717, 1.165) is 13.0 Å². The lowest BCUT2D eigenvalue weighted by molar-refractivity contribution is 0.0244. The molecule has 1 N–H and O–H groups in total. The minimum atomic E-state index is -0.576. The van der Waals surface area contributed by atoms with E-state index in [1.165, 1.54) is 6.07 Å². The number of hydrogen-bond acceptors (Lipinski definition) is 3. The quantitative estimate of drug-likeness (QED) is 0.528. The SMILES string of the molecule is C=CCOCC(O)CN(CCC)Cc1ccccc1F. The molecule has 1 unspecified atom stereocenters. The Bertz CT molecular complexity index is 398. The van der Waals surface area contributed by atoms with E-state index >= 15 is 0 Å². The monoisotopic (exact) mass is 281 g/mol. The van der Waals surface area contributed by atoms with E-state index in [1.807, 2.05) is 11.0 Å². The van der Waals surface area contributed by atoms with Crippen molar-refractivity contribution in [2.75, 3.05) is 26.3 Å². The summed E-state index contributed by atoms with van der Waals surface area (Å²) in [4.78, 5) is 2.04. The number of hydrogen-bond donors (Lipinski definition) is 1. The summed E-state index contributed by atoms with van der Waals surface area (Å²) in [6, 6.07) is 6.74. The van der Waals surface area contributed by atoms with Crippen LogP contribution in [0.5, 0.6) is 0 Å². The van der Waals surface area contributed by atoms with Gasteiger partial charge in [-0.3, -0.25) is 4.90 Å². The van der Waals surface area contributed by atoms with Gasteiger partial charge in [0.1, 0.15) is 5.82 Å². The molecule has 4 heteroatoms. The van der Waals surface area contributed by atoms with Crippen LogP contribution in [0, 0.1) is 5.82 Å². The molecule has 0 amide bonds. The van der Waals surface area contributed by atoms with Crippen molar-refractivity contribution in [2.45, 2.75) is 26.0 Å². The molecule has 0 heterocycles. The molecule has 0 fully saturated rings. The van der Waals surface area contributed by atoms with Crippen LogP contribution in [0.4, 0.5) is 4.39 Å². The molecule has 0 aromatic heterocycles. The van der Waals surface area contributed by atoms with Crippen LogP contribution in [0.15, 0.2) is 36.9 Å². The maximum atomic E-state index is 13.7. The molecule has 0 spiro atoms. The van der Waals surface area contributed by atoms with Gasteiger partial charge in [-0.1, -0.05) is 31.2 Å². The predicted molar refractivity (Wildman–Crippen MR) is 79.0 cm³/mol. The molecule has 20 heavy (non-hydrogen) atoms. The van der Waals surface area contributed by atoms with Gasteiger partial charge in [-0.2, -0.15) is 0 Å². The van der Waals surface area contributed by atoms with Crippen LogP contribution < -0.4 is 0 Å². The van der Waals surface area contributed by atoms with Gasteiger partial charge in [0.25, 0.3) is 0 Å². The lowest BCUT2D eigenvalue weighted by atomic mass is 10.2. The average Bonchev–Trinajstić information content (AvgIpc) is 2.42. The Morgan fingerprint density at radius 3 is 2.85 bits per heavy atom. The Labute approximate surface area is 120 Å². The van der Waals surface area contributed by atoms with Crippen LogP contribution >= 0.6 is 0 Å². The second-order valence-electron chi connectivity index (χ2n) is 4.81. The van der Waals surface area contributed by atoms with Crippen LogP contribution in [0.1, 0.15) is 18.9 Å². The zero-order chi connectivity index (χ0) is 14.8. The number of halogens is 1. The maximum absolute atomic E-state index is 13.7. The van der Waals surface area contributed by atoms with Gasteiger partial charge >= 0.3 is 0 Å². The van der Waals surface area contributed by atoms with E-state index in [0.29, 0.717) is 25.3 Å². The number of nitrogens with zero attached hydrogens (tertiary/aromatic N) is 1. The second-order valence-corrected chi connectivity index (χ2v) is 4.81. The van der Waals surface area contributed by atoms with Crippen molar-refractivity contribution in [2.24, 2.45) is 0 Å². The Hall–Kier alpha value is -1.23. The van der Waals surface area contributed by atoms with Crippen LogP contribution in [-0.2, 0) is 11.3 Å². The lowest BCUT2D eigenvalue weighted by Gasteiger charge is -2.24. The third-order valence-corrected chi connectivity index (χ3v) is 2.91. The largest absolute Gasteiger partial charge is 0.389 e. The Kier molecular flexibility index (Phi) is 8.11. The van der Waals surface area contributed by atoms with Gasteiger partial charge in [-0.15, -0.1) is 6.58 Å². The van der Waals surface area contributed by atoms with E-state index in [1.54, 1.807) is 18.2 Å². The highest BCUT2D eigenvalue weighted by Gasteiger charge is 2.13. The molecule has 112 valence electrons. The van der Waals surface area contributed by atoms with Crippen molar-refractivity contribution in [1.82, 2.24) is 4.90 Å².